The SMILES string of the molecule is C[C@@H](O)CN[C@@H](CO)C(=O)O. The standard InChI is InChI=1S/C6H13NO4/c1-4(9)2-7-5(3-8)6(10)11/h4-5,7-9H,2-3H2,1H3,(H,10,11)/t4-,5+/m1/s1. The van der Waals surface area contributed by atoms with E-state index in [0.717, 1.165) is 0 Å². The van der Waals surface area contributed by atoms with E-state index in [1.807, 2.05) is 0 Å². The molecule has 0 aliphatic heterocycles. The average molecular weight is 163 g/mol. The van der Waals surface area contributed by atoms with Crippen molar-refractivity contribution < 1.29 is 20.1 Å². The van der Waals surface area contributed by atoms with Crippen LogP contribution in [-0.4, -0.2) is 46.6 Å². The van der Waals surface area contributed by atoms with Gasteiger partial charge in [-0.15, -0.1) is 0 Å². The first-order valence-corrected chi connectivity index (χ1v) is 3.33. The molecular weight excluding hydrogens is 150 g/mol. The van der Waals surface area contributed by atoms with Gasteiger partial charge in [0.15, 0.2) is 0 Å². The summed E-state index contributed by atoms with van der Waals surface area (Å²) < 4.78 is 0. The Balaban J connectivity index is 3.61. The van der Waals surface area contributed by atoms with E-state index >= 15 is 0 Å². The summed E-state index contributed by atoms with van der Waals surface area (Å²) in [5.74, 6) is -1.12. The van der Waals surface area contributed by atoms with Crippen molar-refractivity contribution in [2.45, 2.75) is 19.1 Å². The van der Waals surface area contributed by atoms with Crippen molar-refractivity contribution in [3.8, 4) is 0 Å². The molecule has 0 aromatic carbocycles. The summed E-state index contributed by atoms with van der Waals surface area (Å²) in [5.41, 5.74) is 0. The van der Waals surface area contributed by atoms with Crippen LogP contribution >= 0.6 is 0 Å². The van der Waals surface area contributed by atoms with Gasteiger partial charge in [-0.05, 0) is 6.92 Å². The van der Waals surface area contributed by atoms with Gasteiger partial charge in [-0.1, -0.05) is 0 Å². The highest BCUT2D eigenvalue weighted by Gasteiger charge is 2.14. The van der Waals surface area contributed by atoms with E-state index in [4.69, 9.17) is 15.3 Å². The third kappa shape index (κ3) is 4.72. The maximum atomic E-state index is 10.2. The Labute approximate surface area is 64.7 Å². The van der Waals surface area contributed by atoms with E-state index < -0.39 is 24.7 Å². The van der Waals surface area contributed by atoms with Crippen LogP contribution in [0.25, 0.3) is 0 Å². The number of nitrogens with one attached hydrogen (secondary N) is 1. The monoisotopic (exact) mass is 163 g/mol. The molecule has 4 N–H and O–H groups in total. The lowest BCUT2D eigenvalue weighted by atomic mass is 10.3. The highest BCUT2D eigenvalue weighted by atomic mass is 16.4. The van der Waals surface area contributed by atoms with Crippen molar-refractivity contribution in [2.24, 2.45) is 0 Å². The van der Waals surface area contributed by atoms with Crippen molar-refractivity contribution in [3.05, 3.63) is 0 Å². The van der Waals surface area contributed by atoms with E-state index in [9.17, 15) is 4.79 Å². The zero-order chi connectivity index (χ0) is 8.85. The van der Waals surface area contributed by atoms with Gasteiger partial charge < -0.3 is 15.3 Å². The summed E-state index contributed by atoms with van der Waals surface area (Å²) in [6.07, 6.45) is -0.608. The van der Waals surface area contributed by atoms with Gasteiger partial charge in [-0.3, -0.25) is 10.1 Å². The molecule has 66 valence electrons. The highest BCUT2D eigenvalue weighted by Crippen LogP contribution is 1.83. The number of carboxylic acids is 1. The molecule has 0 radical (unpaired) electrons. The Bertz CT molecular complexity index is 126. The van der Waals surface area contributed by atoms with Crippen LogP contribution in [0.5, 0.6) is 0 Å². The fourth-order valence-corrected chi connectivity index (χ4v) is 0.543. The Morgan fingerprint density at radius 2 is 2.18 bits per heavy atom. The van der Waals surface area contributed by atoms with Crippen molar-refractivity contribution in [1.29, 1.82) is 0 Å². The summed E-state index contributed by atoms with van der Waals surface area (Å²) in [7, 11) is 0. The first-order valence-electron chi connectivity index (χ1n) is 3.33. The van der Waals surface area contributed by atoms with Crippen molar-refractivity contribution in [2.75, 3.05) is 13.2 Å². The molecule has 5 heteroatoms. The maximum absolute atomic E-state index is 10.2. The number of carboxylic acid groups (broad SMARTS) is 1. The molecule has 5 nitrogen and oxygen atoms in total. The minimum atomic E-state index is -1.12. The Morgan fingerprint density at radius 3 is 2.45 bits per heavy atom. The van der Waals surface area contributed by atoms with Crippen LogP contribution in [0.1, 0.15) is 6.92 Å². The van der Waals surface area contributed by atoms with Crippen molar-refractivity contribution >= 4 is 5.97 Å². The van der Waals surface area contributed by atoms with Gasteiger partial charge >= 0.3 is 5.97 Å². The van der Waals surface area contributed by atoms with Gasteiger partial charge in [0.1, 0.15) is 6.04 Å². The van der Waals surface area contributed by atoms with E-state index in [-0.39, 0.29) is 6.54 Å². The smallest absolute Gasteiger partial charge is 0.323 e. The second-order valence-corrected chi connectivity index (χ2v) is 2.33. The molecule has 0 aromatic rings. The lowest BCUT2D eigenvalue weighted by molar-refractivity contribution is -0.140. The number of aliphatic hydroxyl groups excluding tert-OH is 2. The van der Waals surface area contributed by atoms with Crippen LogP contribution in [0, 0.1) is 0 Å². The lowest BCUT2D eigenvalue weighted by Gasteiger charge is -2.12. The topological polar surface area (TPSA) is 89.8 Å². The molecule has 0 unspecified atom stereocenters. The highest BCUT2D eigenvalue weighted by molar-refractivity contribution is 5.73. The largest absolute Gasteiger partial charge is 0.480 e. The number of carbonyl (C=O) groups is 1. The van der Waals surface area contributed by atoms with Gasteiger partial charge in [-0.2, -0.15) is 0 Å². The Morgan fingerprint density at radius 1 is 1.64 bits per heavy atom. The average Bonchev–Trinajstić information content (AvgIpc) is 1.87. The van der Waals surface area contributed by atoms with Gasteiger partial charge in [0.05, 0.1) is 12.7 Å². The predicted molar refractivity (Wildman–Crippen MR) is 38.2 cm³/mol. The summed E-state index contributed by atoms with van der Waals surface area (Å²) in [5, 5.41) is 28.1. The second kappa shape index (κ2) is 5.06. The minimum Gasteiger partial charge on any atom is -0.480 e. The molecule has 0 aromatic heterocycles. The molecule has 0 amide bonds. The van der Waals surface area contributed by atoms with Crippen molar-refractivity contribution in [3.63, 3.8) is 0 Å². The van der Waals surface area contributed by atoms with Gasteiger partial charge in [0.2, 0.25) is 0 Å². The lowest BCUT2D eigenvalue weighted by Crippen LogP contribution is -2.42. The van der Waals surface area contributed by atoms with E-state index in [1.165, 1.54) is 6.92 Å². The summed E-state index contributed by atoms with van der Waals surface area (Å²) in [6.45, 7) is 1.23. The minimum absolute atomic E-state index is 0.164. The first-order chi connectivity index (χ1) is 5.07. The van der Waals surface area contributed by atoms with E-state index in [1.54, 1.807) is 0 Å². The van der Waals surface area contributed by atoms with Crippen molar-refractivity contribution in [1.82, 2.24) is 5.32 Å². The third-order valence-electron chi connectivity index (χ3n) is 1.14. The maximum Gasteiger partial charge on any atom is 0.323 e. The van der Waals surface area contributed by atoms with Crippen LogP contribution in [0.4, 0.5) is 0 Å². The molecule has 11 heavy (non-hydrogen) atoms. The van der Waals surface area contributed by atoms with Crippen LogP contribution in [0.2, 0.25) is 0 Å². The first kappa shape index (κ1) is 10.3. The second-order valence-electron chi connectivity index (χ2n) is 2.33. The number of hydrogen-bond acceptors (Lipinski definition) is 4. The van der Waals surface area contributed by atoms with Crippen LogP contribution in [0.3, 0.4) is 0 Å². The molecular formula is C6H13NO4. The normalized spacial score (nSPS) is 15.9. The molecule has 0 aliphatic carbocycles. The molecule has 2 atom stereocenters. The molecule has 0 rings (SSSR count). The van der Waals surface area contributed by atoms with Crippen LogP contribution in [-0.2, 0) is 4.79 Å². The number of rotatable bonds is 5. The molecule has 0 spiro atoms. The molecule has 0 aliphatic rings. The molecule has 0 bridgehead atoms. The Hall–Kier alpha value is -0.650. The molecule has 0 saturated heterocycles. The van der Waals surface area contributed by atoms with Gasteiger partial charge in [0.25, 0.3) is 0 Å². The molecule has 0 saturated carbocycles. The summed E-state index contributed by atoms with van der Waals surface area (Å²) >= 11 is 0. The Kier molecular flexibility index (Phi) is 4.76. The van der Waals surface area contributed by atoms with Crippen LogP contribution < -0.4 is 5.32 Å². The molecule has 0 heterocycles. The fraction of sp³-hybridized carbons (Fsp3) is 0.833. The molecule has 0 fully saturated rings. The zero-order valence-corrected chi connectivity index (χ0v) is 6.32. The van der Waals surface area contributed by atoms with Gasteiger partial charge in [-0.25, -0.2) is 0 Å². The van der Waals surface area contributed by atoms with Gasteiger partial charge in [0, 0.05) is 6.54 Å². The van der Waals surface area contributed by atoms with E-state index in [2.05, 4.69) is 5.32 Å². The number of aliphatic carboxylic acids is 1. The summed E-state index contributed by atoms with van der Waals surface area (Å²) in [6, 6.07) is -0.982. The summed E-state index contributed by atoms with van der Waals surface area (Å²) in [4.78, 5) is 10.2. The number of aliphatic hydroxyl groups is 2. The number of hydrogen-bond donors (Lipinski definition) is 4. The fourth-order valence-electron chi connectivity index (χ4n) is 0.543. The van der Waals surface area contributed by atoms with E-state index in [0.29, 0.717) is 0 Å². The quantitative estimate of drug-likeness (QED) is 0.392. The van der Waals surface area contributed by atoms with Crippen LogP contribution in [0.15, 0.2) is 0 Å². The third-order valence-corrected chi connectivity index (χ3v) is 1.14. The zero-order valence-electron chi connectivity index (χ0n) is 6.32. The predicted octanol–water partition coefficient (Wildman–Crippen LogP) is -1.60.